The minimum absolute atomic E-state index is 0.0888. The standard InChI is InChI=1S/C18H18ClFN2O2/c1-3-22(14-6-4-5-12(2)9-14)18(24)11-17(23)21-13-7-8-16(20)15(19)10-13/h4-10H,3,11H2,1-2H3,(H,21,23). The van der Waals surface area contributed by atoms with Crippen molar-refractivity contribution in [1.82, 2.24) is 0 Å². The van der Waals surface area contributed by atoms with Crippen LogP contribution in [0.5, 0.6) is 0 Å². The Hall–Kier alpha value is -2.40. The zero-order valence-corrected chi connectivity index (χ0v) is 14.2. The highest BCUT2D eigenvalue weighted by Gasteiger charge is 2.18. The van der Waals surface area contributed by atoms with Gasteiger partial charge in [-0.1, -0.05) is 23.7 Å². The number of anilines is 2. The first kappa shape index (κ1) is 17.9. The second-order valence-corrected chi connectivity index (χ2v) is 5.74. The molecule has 2 amide bonds. The Kier molecular flexibility index (Phi) is 5.93. The molecule has 0 saturated carbocycles. The molecule has 0 atom stereocenters. The van der Waals surface area contributed by atoms with Gasteiger partial charge in [-0.3, -0.25) is 9.59 Å². The van der Waals surface area contributed by atoms with Gasteiger partial charge in [0.15, 0.2) is 0 Å². The summed E-state index contributed by atoms with van der Waals surface area (Å²) in [5.41, 5.74) is 2.13. The molecule has 0 heterocycles. The number of nitrogens with one attached hydrogen (secondary N) is 1. The van der Waals surface area contributed by atoms with E-state index in [-0.39, 0.29) is 17.4 Å². The van der Waals surface area contributed by atoms with E-state index in [1.54, 1.807) is 4.90 Å². The summed E-state index contributed by atoms with van der Waals surface area (Å²) >= 11 is 5.67. The Balaban J connectivity index is 2.04. The highest BCUT2D eigenvalue weighted by molar-refractivity contribution is 6.31. The predicted octanol–water partition coefficient (Wildman–Crippen LogP) is 4.17. The Bertz CT molecular complexity index is 764. The van der Waals surface area contributed by atoms with Crippen molar-refractivity contribution in [3.8, 4) is 0 Å². The topological polar surface area (TPSA) is 49.4 Å². The molecule has 0 aliphatic rings. The predicted molar refractivity (Wildman–Crippen MR) is 93.9 cm³/mol. The van der Waals surface area contributed by atoms with Gasteiger partial charge >= 0.3 is 0 Å². The maximum absolute atomic E-state index is 13.1. The first-order chi connectivity index (χ1) is 11.4. The van der Waals surface area contributed by atoms with Gasteiger partial charge in [0.1, 0.15) is 12.2 Å². The number of rotatable bonds is 5. The molecule has 2 rings (SSSR count). The Labute approximate surface area is 145 Å². The van der Waals surface area contributed by atoms with E-state index < -0.39 is 11.7 Å². The van der Waals surface area contributed by atoms with Gasteiger partial charge in [-0.25, -0.2) is 4.39 Å². The number of halogens is 2. The second-order valence-electron chi connectivity index (χ2n) is 5.33. The van der Waals surface area contributed by atoms with Crippen LogP contribution in [0, 0.1) is 12.7 Å². The summed E-state index contributed by atoms with van der Waals surface area (Å²) in [5.74, 6) is -1.36. The lowest BCUT2D eigenvalue weighted by molar-refractivity contribution is -0.125. The molecule has 24 heavy (non-hydrogen) atoms. The highest BCUT2D eigenvalue weighted by atomic mass is 35.5. The lowest BCUT2D eigenvalue weighted by atomic mass is 10.2. The molecule has 0 aliphatic carbocycles. The largest absolute Gasteiger partial charge is 0.326 e. The van der Waals surface area contributed by atoms with Crippen molar-refractivity contribution < 1.29 is 14.0 Å². The van der Waals surface area contributed by atoms with E-state index in [0.717, 1.165) is 17.3 Å². The van der Waals surface area contributed by atoms with Crippen molar-refractivity contribution in [2.75, 3.05) is 16.8 Å². The first-order valence-electron chi connectivity index (χ1n) is 7.52. The summed E-state index contributed by atoms with van der Waals surface area (Å²) in [6.07, 6.45) is -0.309. The summed E-state index contributed by atoms with van der Waals surface area (Å²) in [5, 5.41) is 2.46. The third-order valence-electron chi connectivity index (χ3n) is 3.45. The van der Waals surface area contributed by atoms with Crippen LogP contribution in [0.1, 0.15) is 18.9 Å². The van der Waals surface area contributed by atoms with Crippen LogP contribution >= 0.6 is 11.6 Å². The average Bonchev–Trinajstić information content (AvgIpc) is 2.51. The average molecular weight is 349 g/mol. The van der Waals surface area contributed by atoms with E-state index in [4.69, 9.17) is 11.6 Å². The van der Waals surface area contributed by atoms with Crippen LogP contribution in [0.4, 0.5) is 15.8 Å². The second kappa shape index (κ2) is 7.93. The summed E-state index contributed by atoms with van der Waals surface area (Å²) in [7, 11) is 0. The number of hydrogen-bond donors (Lipinski definition) is 1. The van der Waals surface area contributed by atoms with Gasteiger partial charge in [-0.2, -0.15) is 0 Å². The molecular formula is C18H18ClFN2O2. The first-order valence-corrected chi connectivity index (χ1v) is 7.90. The summed E-state index contributed by atoms with van der Waals surface area (Å²) < 4.78 is 13.1. The number of benzene rings is 2. The van der Waals surface area contributed by atoms with Crippen LogP contribution in [0.15, 0.2) is 42.5 Å². The van der Waals surface area contributed by atoms with Crippen molar-refractivity contribution in [2.24, 2.45) is 0 Å². The van der Waals surface area contributed by atoms with Gasteiger partial charge in [-0.15, -0.1) is 0 Å². The van der Waals surface area contributed by atoms with E-state index >= 15 is 0 Å². The molecule has 0 radical (unpaired) electrons. The van der Waals surface area contributed by atoms with Crippen LogP contribution in [-0.4, -0.2) is 18.4 Å². The van der Waals surface area contributed by atoms with Gasteiger partial charge in [0, 0.05) is 17.9 Å². The fourth-order valence-corrected chi connectivity index (χ4v) is 2.49. The fourth-order valence-electron chi connectivity index (χ4n) is 2.31. The molecule has 6 heteroatoms. The van der Waals surface area contributed by atoms with Crippen LogP contribution in [-0.2, 0) is 9.59 Å². The van der Waals surface area contributed by atoms with Crippen molar-refractivity contribution in [2.45, 2.75) is 20.3 Å². The molecule has 0 aliphatic heterocycles. The van der Waals surface area contributed by atoms with E-state index in [2.05, 4.69) is 5.32 Å². The Morgan fingerprint density at radius 1 is 1.21 bits per heavy atom. The Morgan fingerprint density at radius 3 is 2.58 bits per heavy atom. The van der Waals surface area contributed by atoms with Gasteiger partial charge in [0.05, 0.1) is 5.02 Å². The fraction of sp³-hybridized carbons (Fsp3) is 0.222. The zero-order chi connectivity index (χ0) is 17.7. The Morgan fingerprint density at radius 2 is 1.96 bits per heavy atom. The molecule has 1 N–H and O–H groups in total. The molecule has 0 unspecified atom stereocenters. The molecule has 0 bridgehead atoms. The molecular weight excluding hydrogens is 331 g/mol. The molecule has 2 aromatic rings. The monoisotopic (exact) mass is 348 g/mol. The van der Waals surface area contributed by atoms with Crippen LogP contribution in [0.25, 0.3) is 0 Å². The van der Waals surface area contributed by atoms with Crippen molar-refractivity contribution in [3.05, 3.63) is 58.9 Å². The lowest BCUT2D eigenvalue weighted by Gasteiger charge is -2.21. The van der Waals surface area contributed by atoms with Crippen LogP contribution < -0.4 is 10.2 Å². The van der Waals surface area contributed by atoms with Gasteiger partial charge in [-0.05, 0) is 49.7 Å². The number of carbonyl (C=O) groups is 2. The number of hydrogen-bond acceptors (Lipinski definition) is 2. The zero-order valence-electron chi connectivity index (χ0n) is 13.5. The molecule has 4 nitrogen and oxygen atoms in total. The van der Waals surface area contributed by atoms with Gasteiger partial charge < -0.3 is 10.2 Å². The lowest BCUT2D eigenvalue weighted by Crippen LogP contribution is -2.33. The smallest absolute Gasteiger partial charge is 0.236 e. The quantitative estimate of drug-likeness (QED) is 0.824. The van der Waals surface area contributed by atoms with E-state index in [0.29, 0.717) is 12.2 Å². The number of carbonyl (C=O) groups excluding carboxylic acids is 2. The number of amides is 2. The molecule has 0 saturated heterocycles. The highest BCUT2D eigenvalue weighted by Crippen LogP contribution is 2.20. The molecule has 0 fully saturated rings. The van der Waals surface area contributed by atoms with Crippen molar-refractivity contribution >= 4 is 34.8 Å². The van der Waals surface area contributed by atoms with Gasteiger partial charge in [0.2, 0.25) is 11.8 Å². The van der Waals surface area contributed by atoms with Crippen molar-refractivity contribution in [1.29, 1.82) is 0 Å². The normalized spacial score (nSPS) is 10.3. The summed E-state index contributed by atoms with van der Waals surface area (Å²) in [6, 6.07) is 11.4. The van der Waals surface area contributed by atoms with Crippen LogP contribution in [0.2, 0.25) is 5.02 Å². The van der Waals surface area contributed by atoms with E-state index in [9.17, 15) is 14.0 Å². The summed E-state index contributed by atoms with van der Waals surface area (Å²) in [6.45, 7) is 4.24. The molecule has 126 valence electrons. The van der Waals surface area contributed by atoms with Crippen molar-refractivity contribution in [3.63, 3.8) is 0 Å². The molecule has 2 aromatic carbocycles. The van der Waals surface area contributed by atoms with Crippen LogP contribution in [0.3, 0.4) is 0 Å². The summed E-state index contributed by atoms with van der Waals surface area (Å²) in [4.78, 5) is 26.0. The van der Waals surface area contributed by atoms with Gasteiger partial charge in [0.25, 0.3) is 0 Å². The maximum atomic E-state index is 13.1. The number of nitrogens with zero attached hydrogens (tertiary/aromatic N) is 1. The minimum Gasteiger partial charge on any atom is -0.326 e. The van der Waals surface area contributed by atoms with E-state index in [1.165, 1.54) is 12.1 Å². The van der Waals surface area contributed by atoms with E-state index in [1.807, 2.05) is 38.1 Å². The SMILES string of the molecule is CCN(C(=O)CC(=O)Nc1ccc(F)c(Cl)c1)c1cccc(C)c1. The third kappa shape index (κ3) is 4.55. The number of aryl methyl sites for hydroxylation is 1. The minimum atomic E-state index is -0.567. The molecule has 0 aromatic heterocycles. The maximum Gasteiger partial charge on any atom is 0.236 e. The molecule has 0 spiro atoms. The third-order valence-corrected chi connectivity index (χ3v) is 3.74.